The average Bonchev–Trinajstić information content (AvgIpc) is 2.96. The van der Waals surface area contributed by atoms with Crippen LogP contribution in [0.1, 0.15) is 29.5 Å². The summed E-state index contributed by atoms with van der Waals surface area (Å²) in [6, 6.07) is 3.27. The summed E-state index contributed by atoms with van der Waals surface area (Å²) in [5.74, 6) is -0.380. The minimum absolute atomic E-state index is 0.0428. The molecule has 6 nitrogen and oxygen atoms in total. The molecule has 3 heterocycles. The largest absolute Gasteiger partial charge is 0.449 e. The molecule has 2 atom stereocenters. The van der Waals surface area contributed by atoms with Gasteiger partial charge < -0.3 is 24.1 Å². The number of halogens is 3. The first-order valence-corrected chi connectivity index (χ1v) is 9.23. The predicted octanol–water partition coefficient (Wildman–Crippen LogP) is 3.20. The van der Waals surface area contributed by atoms with Crippen molar-refractivity contribution in [2.24, 2.45) is 0 Å². The van der Waals surface area contributed by atoms with Crippen LogP contribution in [-0.2, 0) is 15.7 Å². The molecular formula is C19H21F3N2O4. The summed E-state index contributed by atoms with van der Waals surface area (Å²) >= 11 is 0. The Morgan fingerprint density at radius 3 is 2.79 bits per heavy atom. The quantitative estimate of drug-likeness (QED) is 0.860. The highest BCUT2D eigenvalue weighted by Crippen LogP contribution is 2.39. The van der Waals surface area contributed by atoms with Crippen LogP contribution in [0.4, 0.5) is 18.9 Å². The van der Waals surface area contributed by atoms with E-state index in [4.69, 9.17) is 13.9 Å². The molecule has 1 amide bonds. The van der Waals surface area contributed by atoms with Crippen LogP contribution >= 0.6 is 0 Å². The molecule has 2 aromatic rings. The molecule has 0 bridgehead atoms. The molecule has 4 rings (SSSR count). The maximum Gasteiger partial charge on any atom is 0.416 e. The first kappa shape index (κ1) is 19.1. The van der Waals surface area contributed by atoms with Crippen molar-refractivity contribution in [1.82, 2.24) is 5.32 Å². The number of carbonyl (C=O) groups is 1. The van der Waals surface area contributed by atoms with Crippen LogP contribution in [0.5, 0.6) is 0 Å². The van der Waals surface area contributed by atoms with Crippen LogP contribution in [-0.4, -0.2) is 51.0 Å². The maximum atomic E-state index is 13.2. The molecule has 1 aromatic heterocycles. The number of hydrogen-bond donors (Lipinski definition) is 1. The molecule has 0 unspecified atom stereocenters. The van der Waals surface area contributed by atoms with Crippen LogP contribution in [0.3, 0.4) is 0 Å². The third kappa shape index (κ3) is 3.68. The van der Waals surface area contributed by atoms with E-state index >= 15 is 0 Å². The van der Waals surface area contributed by atoms with Crippen LogP contribution in [0.15, 0.2) is 22.6 Å². The van der Waals surface area contributed by atoms with E-state index in [1.54, 1.807) is 0 Å². The normalized spacial score (nSPS) is 23.4. The Kier molecular flexibility index (Phi) is 4.96. The number of fused-ring (bicyclic) bond motifs is 3. The van der Waals surface area contributed by atoms with Gasteiger partial charge in [0.25, 0.3) is 5.91 Å². The highest BCUT2D eigenvalue weighted by atomic mass is 19.4. The van der Waals surface area contributed by atoms with Crippen molar-refractivity contribution in [3.63, 3.8) is 0 Å². The van der Waals surface area contributed by atoms with Gasteiger partial charge in [-0.3, -0.25) is 4.79 Å². The second-order valence-electron chi connectivity index (χ2n) is 7.12. The highest BCUT2D eigenvalue weighted by Gasteiger charge is 2.34. The average molecular weight is 398 g/mol. The molecule has 2 aliphatic heterocycles. The Hall–Kier alpha value is -2.26. The van der Waals surface area contributed by atoms with Gasteiger partial charge in [-0.05, 0) is 31.5 Å². The molecule has 0 radical (unpaired) electrons. The summed E-state index contributed by atoms with van der Waals surface area (Å²) in [5, 5.41) is 3.02. The zero-order chi connectivity index (χ0) is 19.9. The lowest BCUT2D eigenvalue weighted by molar-refractivity contribution is -0.137. The third-order valence-corrected chi connectivity index (χ3v) is 5.03. The molecule has 0 spiro atoms. The summed E-state index contributed by atoms with van der Waals surface area (Å²) in [4.78, 5) is 14.2. The lowest BCUT2D eigenvalue weighted by atomic mass is 10.1. The first-order valence-electron chi connectivity index (χ1n) is 9.23. The maximum absolute atomic E-state index is 13.2. The number of carbonyl (C=O) groups excluding carboxylic acids is 1. The molecule has 152 valence electrons. The van der Waals surface area contributed by atoms with Crippen LogP contribution < -0.4 is 10.2 Å². The molecule has 1 saturated heterocycles. The third-order valence-electron chi connectivity index (χ3n) is 5.03. The van der Waals surface area contributed by atoms with Crippen LogP contribution in [0, 0.1) is 0 Å². The predicted molar refractivity (Wildman–Crippen MR) is 95.5 cm³/mol. The van der Waals surface area contributed by atoms with E-state index in [-0.39, 0.29) is 28.9 Å². The van der Waals surface area contributed by atoms with Crippen molar-refractivity contribution in [2.75, 3.05) is 37.7 Å². The minimum atomic E-state index is -4.47. The zero-order valence-electron chi connectivity index (χ0n) is 15.3. The van der Waals surface area contributed by atoms with Crippen LogP contribution in [0.2, 0.25) is 0 Å². The molecule has 28 heavy (non-hydrogen) atoms. The number of nitrogens with one attached hydrogen (secondary N) is 1. The van der Waals surface area contributed by atoms with Crippen molar-refractivity contribution >= 4 is 22.6 Å². The summed E-state index contributed by atoms with van der Waals surface area (Å²) in [5.41, 5.74) is -0.112. The number of benzene rings is 1. The van der Waals surface area contributed by atoms with Gasteiger partial charge in [0.15, 0.2) is 0 Å². The molecule has 2 aliphatic rings. The minimum Gasteiger partial charge on any atom is -0.449 e. The topological polar surface area (TPSA) is 63.9 Å². The van der Waals surface area contributed by atoms with Crippen molar-refractivity contribution in [2.45, 2.75) is 31.7 Å². The van der Waals surface area contributed by atoms with Gasteiger partial charge in [0.1, 0.15) is 5.58 Å². The van der Waals surface area contributed by atoms with Gasteiger partial charge in [-0.2, -0.15) is 13.2 Å². The van der Waals surface area contributed by atoms with E-state index in [9.17, 15) is 18.0 Å². The molecular weight excluding hydrogens is 377 g/mol. The number of ether oxygens (including phenoxy) is 2. The number of alkyl halides is 3. The zero-order valence-corrected chi connectivity index (χ0v) is 15.3. The molecule has 9 heteroatoms. The molecule has 1 fully saturated rings. The van der Waals surface area contributed by atoms with Gasteiger partial charge in [0.2, 0.25) is 5.76 Å². The summed E-state index contributed by atoms with van der Waals surface area (Å²) in [6.07, 6.45) is -3.87. The monoisotopic (exact) mass is 398 g/mol. The summed E-state index contributed by atoms with van der Waals surface area (Å²) in [7, 11) is 0. The lowest BCUT2D eigenvalue weighted by Gasteiger charge is -2.30. The van der Waals surface area contributed by atoms with Crippen molar-refractivity contribution < 1.29 is 31.9 Å². The van der Waals surface area contributed by atoms with E-state index in [1.807, 2.05) is 11.8 Å². The van der Waals surface area contributed by atoms with Gasteiger partial charge >= 0.3 is 6.18 Å². The Morgan fingerprint density at radius 1 is 1.25 bits per heavy atom. The van der Waals surface area contributed by atoms with Crippen molar-refractivity contribution in [3.05, 3.63) is 29.5 Å². The fourth-order valence-corrected chi connectivity index (χ4v) is 3.55. The fraction of sp³-hybridized carbons (Fsp3) is 0.526. The van der Waals surface area contributed by atoms with E-state index in [0.29, 0.717) is 45.0 Å². The van der Waals surface area contributed by atoms with Gasteiger partial charge in [-0.25, -0.2) is 0 Å². The Balaban J connectivity index is 1.65. The number of hydrogen-bond acceptors (Lipinski definition) is 5. The SMILES string of the molecule is C[C@@H]1CO[C@@H](CCN2CCNC(=O)c3oc4ccc(C(F)(F)F)cc4c32)CO1. The van der Waals surface area contributed by atoms with E-state index < -0.39 is 17.6 Å². The molecule has 0 saturated carbocycles. The number of furan rings is 1. The Bertz CT molecular complexity index is 872. The number of amides is 1. The summed E-state index contributed by atoms with van der Waals surface area (Å²) < 4.78 is 56.5. The number of anilines is 1. The van der Waals surface area contributed by atoms with E-state index in [0.717, 1.165) is 12.1 Å². The van der Waals surface area contributed by atoms with Gasteiger partial charge in [0.05, 0.1) is 36.7 Å². The van der Waals surface area contributed by atoms with E-state index in [1.165, 1.54) is 6.07 Å². The standard InChI is InChI=1S/C19H21F3N2O4/c1-11-9-27-13(10-26-11)4-6-24-7-5-23-18(25)17-16(24)14-8-12(19(20,21)22)2-3-15(14)28-17/h2-3,8,11,13H,4-7,9-10H2,1H3,(H,23,25)/t11-,13+/m1/s1. The second kappa shape index (κ2) is 7.29. The lowest BCUT2D eigenvalue weighted by Crippen LogP contribution is -2.38. The van der Waals surface area contributed by atoms with Crippen molar-refractivity contribution in [3.8, 4) is 0 Å². The molecule has 1 N–H and O–H groups in total. The van der Waals surface area contributed by atoms with Gasteiger partial charge in [-0.1, -0.05) is 0 Å². The van der Waals surface area contributed by atoms with Crippen LogP contribution in [0.25, 0.3) is 11.0 Å². The van der Waals surface area contributed by atoms with Gasteiger partial charge in [-0.15, -0.1) is 0 Å². The molecule has 1 aromatic carbocycles. The first-order chi connectivity index (χ1) is 13.3. The fourth-order valence-electron chi connectivity index (χ4n) is 3.55. The smallest absolute Gasteiger partial charge is 0.416 e. The van der Waals surface area contributed by atoms with Crippen molar-refractivity contribution in [1.29, 1.82) is 0 Å². The summed E-state index contributed by atoms with van der Waals surface area (Å²) in [6.45, 7) is 4.28. The number of nitrogens with zero attached hydrogens (tertiary/aromatic N) is 1. The second-order valence-corrected chi connectivity index (χ2v) is 7.12. The Morgan fingerprint density at radius 2 is 2.07 bits per heavy atom. The van der Waals surface area contributed by atoms with E-state index in [2.05, 4.69) is 5.32 Å². The van der Waals surface area contributed by atoms with Gasteiger partial charge in [0, 0.05) is 25.0 Å². The molecule has 0 aliphatic carbocycles. The Labute approximate surface area is 159 Å². The highest BCUT2D eigenvalue weighted by molar-refractivity contribution is 6.07. The number of rotatable bonds is 3.